The van der Waals surface area contributed by atoms with Gasteiger partial charge < -0.3 is 9.32 Å². The number of anilines is 1. The lowest BCUT2D eigenvalue weighted by molar-refractivity contribution is -0.122. The number of hydrogen-bond acceptors (Lipinski definition) is 3. The van der Waals surface area contributed by atoms with Gasteiger partial charge in [0, 0.05) is 17.3 Å². The summed E-state index contributed by atoms with van der Waals surface area (Å²) < 4.78 is 5.35. The van der Waals surface area contributed by atoms with Crippen molar-refractivity contribution in [3.63, 3.8) is 0 Å². The number of carbonyl (C=O) groups excluding carboxylic acids is 1. The zero-order chi connectivity index (χ0) is 13.9. The van der Waals surface area contributed by atoms with E-state index in [2.05, 4.69) is 4.98 Å². The summed E-state index contributed by atoms with van der Waals surface area (Å²) >= 11 is 0. The van der Waals surface area contributed by atoms with Gasteiger partial charge in [0.15, 0.2) is 0 Å². The molecule has 102 valence electrons. The summed E-state index contributed by atoms with van der Waals surface area (Å²) in [6.07, 6.45) is 5.40. The quantitative estimate of drug-likeness (QED) is 0.840. The summed E-state index contributed by atoms with van der Waals surface area (Å²) in [6.45, 7) is 4.00. The smallest absolute Gasteiger partial charge is 0.237 e. The van der Waals surface area contributed by atoms with Gasteiger partial charge in [-0.25, -0.2) is 4.98 Å². The topological polar surface area (TPSA) is 46.3 Å². The van der Waals surface area contributed by atoms with E-state index >= 15 is 0 Å². The van der Waals surface area contributed by atoms with Crippen LogP contribution in [0.1, 0.15) is 32.3 Å². The van der Waals surface area contributed by atoms with Gasteiger partial charge in [-0.15, -0.1) is 0 Å². The van der Waals surface area contributed by atoms with Gasteiger partial charge in [-0.05, 0) is 44.4 Å². The molecule has 2 heterocycles. The van der Waals surface area contributed by atoms with E-state index in [0.717, 1.165) is 29.7 Å². The molecule has 4 rings (SSSR count). The molecule has 4 heteroatoms. The number of aromatic nitrogens is 1. The zero-order valence-electron chi connectivity index (χ0n) is 11.6. The van der Waals surface area contributed by atoms with E-state index in [1.165, 1.54) is 0 Å². The number of benzene rings is 1. The lowest BCUT2D eigenvalue weighted by atomic mass is 9.86. The van der Waals surface area contributed by atoms with Gasteiger partial charge >= 0.3 is 0 Å². The number of amides is 1. The van der Waals surface area contributed by atoms with Crippen LogP contribution in [0.2, 0.25) is 0 Å². The number of carbonyl (C=O) groups is 1. The van der Waals surface area contributed by atoms with Gasteiger partial charge in [0.25, 0.3) is 0 Å². The monoisotopic (exact) mass is 268 g/mol. The van der Waals surface area contributed by atoms with Crippen molar-refractivity contribution in [2.24, 2.45) is 0 Å². The Balaban J connectivity index is 1.88. The highest BCUT2D eigenvalue weighted by atomic mass is 16.3. The third kappa shape index (κ3) is 1.48. The van der Waals surface area contributed by atoms with Crippen molar-refractivity contribution in [2.75, 3.05) is 4.90 Å². The molecular formula is C16H16N2O2. The van der Waals surface area contributed by atoms with E-state index in [4.69, 9.17) is 4.42 Å². The SMILES string of the molecule is CC1(C)C(=O)N(C2CC2)c2cc(-c3ncco3)ccc21. The number of rotatable bonds is 2. The molecule has 2 aliphatic rings. The average Bonchev–Trinajstić information content (AvgIpc) is 3.06. The first-order chi connectivity index (χ1) is 9.59. The van der Waals surface area contributed by atoms with Crippen molar-refractivity contribution in [3.05, 3.63) is 36.2 Å². The van der Waals surface area contributed by atoms with E-state index in [-0.39, 0.29) is 5.91 Å². The molecule has 0 N–H and O–H groups in total. The van der Waals surface area contributed by atoms with Crippen LogP contribution in [0.15, 0.2) is 35.1 Å². The Morgan fingerprint density at radius 2 is 2.15 bits per heavy atom. The Kier molecular flexibility index (Phi) is 2.18. The molecule has 1 aliphatic carbocycles. The van der Waals surface area contributed by atoms with Crippen molar-refractivity contribution >= 4 is 11.6 Å². The maximum absolute atomic E-state index is 12.7. The van der Waals surface area contributed by atoms with Crippen LogP contribution >= 0.6 is 0 Å². The number of fused-ring (bicyclic) bond motifs is 1. The van der Waals surface area contributed by atoms with Crippen molar-refractivity contribution in [2.45, 2.75) is 38.1 Å². The van der Waals surface area contributed by atoms with Crippen molar-refractivity contribution < 1.29 is 9.21 Å². The van der Waals surface area contributed by atoms with Gasteiger partial charge in [-0.2, -0.15) is 0 Å². The summed E-state index contributed by atoms with van der Waals surface area (Å²) in [6, 6.07) is 6.43. The second kappa shape index (κ2) is 3.72. The maximum atomic E-state index is 12.7. The highest BCUT2D eigenvalue weighted by molar-refractivity contribution is 6.08. The molecule has 1 saturated carbocycles. The van der Waals surface area contributed by atoms with Gasteiger partial charge in [0.1, 0.15) is 6.26 Å². The molecule has 1 aliphatic heterocycles. The summed E-state index contributed by atoms with van der Waals surface area (Å²) in [5.41, 5.74) is 2.61. The Morgan fingerprint density at radius 3 is 2.80 bits per heavy atom. The summed E-state index contributed by atoms with van der Waals surface area (Å²) in [4.78, 5) is 18.8. The predicted octanol–water partition coefficient (Wildman–Crippen LogP) is 3.13. The second-order valence-corrected chi connectivity index (χ2v) is 6.10. The fourth-order valence-corrected chi connectivity index (χ4v) is 2.98. The molecule has 0 unspecified atom stereocenters. The van der Waals surface area contributed by atoms with Gasteiger partial charge in [0.05, 0.1) is 11.6 Å². The Labute approximate surface area is 117 Å². The third-order valence-corrected chi connectivity index (χ3v) is 4.28. The van der Waals surface area contributed by atoms with Crippen LogP contribution in [0.4, 0.5) is 5.69 Å². The van der Waals surface area contributed by atoms with Crippen LogP contribution in [0.25, 0.3) is 11.5 Å². The first-order valence-electron chi connectivity index (χ1n) is 6.97. The normalized spacial score (nSPS) is 20.3. The average molecular weight is 268 g/mol. The molecule has 0 radical (unpaired) electrons. The Morgan fingerprint density at radius 1 is 1.35 bits per heavy atom. The molecule has 20 heavy (non-hydrogen) atoms. The first kappa shape index (κ1) is 11.7. The highest BCUT2D eigenvalue weighted by Gasteiger charge is 2.49. The van der Waals surface area contributed by atoms with Gasteiger partial charge in [0.2, 0.25) is 11.8 Å². The zero-order valence-corrected chi connectivity index (χ0v) is 11.6. The molecule has 0 bridgehead atoms. The molecule has 0 saturated heterocycles. The lowest BCUT2D eigenvalue weighted by Crippen LogP contribution is -2.37. The Hall–Kier alpha value is -2.10. The number of oxazole rings is 1. The van der Waals surface area contributed by atoms with Crippen LogP contribution in [-0.2, 0) is 10.2 Å². The van der Waals surface area contributed by atoms with E-state index in [1.807, 2.05) is 36.9 Å². The maximum Gasteiger partial charge on any atom is 0.237 e. The molecule has 1 aromatic carbocycles. The number of hydrogen-bond donors (Lipinski definition) is 0. The molecule has 1 amide bonds. The van der Waals surface area contributed by atoms with E-state index in [1.54, 1.807) is 12.5 Å². The lowest BCUT2D eigenvalue weighted by Gasteiger charge is -2.19. The van der Waals surface area contributed by atoms with Crippen molar-refractivity contribution in [1.29, 1.82) is 0 Å². The van der Waals surface area contributed by atoms with Crippen LogP contribution in [0.5, 0.6) is 0 Å². The fourth-order valence-electron chi connectivity index (χ4n) is 2.98. The summed E-state index contributed by atoms with van der Waals surface area (Å²) in [7, 11) is 0. The van der Waals surface area contributed by atoms with Crippen LogP contribution < -0.4 is 4.90 Å². The van der Waals surface area contributed by atoms with Crippen LogP contribution in [-0.4, -0.2) is 16.9 Å². The summed E-state index contributed by atoms with van der Waals surface area (Å²) in [5.74, 6) is 0.806. The molecule has 0 spiro atoms. The Bertz CT molecular complexity index is 685. The molecule has 1 fully saturated rings. The standard InChI is InChI=1S/C16H16N2O2/c1-16(2)12-6-3-10(14-17-7-8-20-14)9-13(12)18(15(16)19)11-4-5-11/h3,6-9,11H,4-5H2,1-2H3. The van der Waals surface area contributed by atoms with Crippen molar-refractivity contribution in [3.8, 4) is 11.5 Å². The van der Waals surface area contributed by atoms with E-state index in [0.29, 0.717) is 11.9 Å². The minimum atomic E-state index is -0.437. The minimum absolute atomic E-state index is 0.208. The second-order valence-electron chi connectivity index (χ2n) is 6.10. The van der Waals surface area contributed by atoms with Crippen LogP contribution in [0, 0.1) is 0 Å². The van der Waals surface area contributed by atoms with Crippen LogP contribution in [0.3, 0.4) is 0 Å². The molecular weight excluding hydrogens is 252 g/mol. The largest absolute Gasteiger partial charge is 0.445 e. The molecule has 2 aromatic rings. The van der Waals surface area contributed by atoms with Gasteiger partial charge in [-0.3, -0.25) is 4.79 Å². The molecule has 0 atom stereocenters. The number of nitrogens with zero attached hydrogens (tertiary/aromatic N) is 2. The van der Waals surface area contributed by atoms with E-state index < -0.39 is 5.41 Å². The molecule has 1 aromatic heterocycles. The summed E-state index contributed by atoms with van der Waals surface area (Å²) in [5, 5.41) is 0. The predicted molar refractivity (Wildman–Crippen MR) is 75.5 cm³/mol. The third-order valence-electron chi connectivity index (χ3n) is 4.28. The van der Waals surface area contributed by atoms with E-state index in [9.17, 15) is 4.79 Å². The van der Waals surface area contributed by atoms with Crippen molar-refractivity contribution in [1.82, 2.24) is 4.98 Å². The first-order valence-corrected chi connectivity index (χ1v) is 6.97. The van der Waals surface area contributed by atoms with Gasteiger partial charge in [-0.1, -0.05) is 6.07 Å². The molecule has 4 nitrogen and oxygen atoms in total. The highest BCUT2D eigenvalue weighted by Crippen LogP contribution is 2.47. The minimum Gasteiger partial charge on any atom is -0.445 e. The fraction of sp³-hybridized carbons (Fsp3) is 0.375.